The highest BCUT2D eigenvalue weighted by Crippen LogP contribution is 2.03. The van der Waals surface area contributed by atoms with Crippen molar-refractivity contribution in [3.8, 4) is 0 Å². The molecule has 94 valence electrons. The van der Waals surface area contributed by atoms with Gasteiger partial charge in [0.05, 0.1) is 18.7 Å². The predicted octanol–water partition coefficient (Wildman–Crippen LogP) is -0.200. The summed E-state index contributed by atoms with van der Waals surface area (Å²) in [5.41, 5.74) is -0.616. The summed E-state index contributed by atoms with van der Waals surface area (Å²) >= 11 is 0. The average Bonchev–Trinajstić information content (AvgIpc) is 2.29. The summed E-state index contributed by atoms with van der Waals surface area (Å²) in [6.07, 6.45) is 3.24. The van der Waals surface area contributed by atoms with Gasteiger partial charge in [0.1, 0.15) is 0 Å². The largest absolute Gasteiger partial charge is 0.394 e. The first kappa shape index (κ1) is 13.4. The first-order chi connectivity index (χ1) is 7.94. The highest BCUT2D eigenvalue weighted by Gasteiger charge is 2.20. The van der Waals surface area contributed by atoms with Gasteiger partial charge in [0.15, 0.2) is 0 Å². The first-order valence-electron chi connectivity index (χ1n) is 5.34. The molecule has 0 unspecified atom stereocenters. The zero-order valence-electron chi connectivity index (χ0n) is 10.3. The summed E-state index contributed by atoms with van der Waals surface area (Å²) in [6.45, 7) is 3.55. The van der Waals surface area contributed by atoms with Crippen LogP contribution in [0.3, 0.4) is 0 Å². The van der Waals surface area contributed by atoms with Gasteiger partial charge in [-0.1, -0.05) is 0 Å². The van der Waals surface area contributed by atoms with Crippen molar-refractivity contribution in [2.75, 3.05) is 25.1 Å². The molecule has 1 heterocycles. The molecule has 0 atom stereocenters. The highest BCUT2D eigenvalue weighted by atomic mass is 16.3. The second kappa shape index (κ2) is 5.58. The van der Waals surface area contributed by atoms with Crippen LogP contribution in [0.4, 0.5) is 5.95 Å². The summed E-state index contributed by atoms with van der Waals surface area (Å²) < 4.78 is 0. The maximum atomic E-state index is 11.7. The van der Waals surface area contributed by atoms with Crippen LogP contribution in [0.25, 0.3) is 0 Å². The predicted molar refractivity (Wildman–Crippen MR) is 64.6 cm³/mol. The summed E-state index contributed by atoms with van der Waals surface area (Å²) in [4.78, 5) is 21.4. The van der Waals surface area contributed by atoms with E-state index in [9.17, 15) is 4.79 Å². The van der Waals surface area contributed by atoms with E-state index in [4.69, 9.17) is 5.11 Å². The van der Waals surface area contributed by atoms with Crippen LogP contribution in [0.5, 0.6) is 0 Å². The number of hydrogen-bond acceptors (Lipinski definition) is 5. The second-order valence-electron chi connectivity index (χ2n) is 4.50. The number of amides is 1. The Morgan fingerprint density at radius 2 is 2.06 bits per heavy atom. The van der Waals surface area contributed by atoms with Crippen molar-refractivity contribution in [1.82, 2.24) is 15.3 Å². The average molecular weight is 238 g/mol. The molecule has 0 aliphatic rings. The summed E-state index contributed by atoms with van der Waals surface area (Å²) in [5.74, 6) is 0.309. The van der Waals surface area contributed by atoms with Crippen LogP contribution >= 0.6 is 0 Å². The van der Waals surface area contributed by atoms with E-state index in [1.54, 1.807) is 44.3 Å². The molecule has 1 aromatic heterocycles. The number of rotatable bonds is 5. The van der Waals surface area contributed by atoms with Crippen molar-refractivity contribution in [1.29, 1.82) is 0 Å². The number of carbonyl (C=O) groups excluding carboxylic acids is 1. The van der Waals surface area contributed by atoms with Crippen LogP contribution in [0, 0.1) is 0 Å². The molecular formula is C11H18N4O2. The lowest BCUT2D eigenvalue weighted by atomic mass is 10.1. The number of hydrogen-bond donors (Lipinski definition) is 2. The standard InChI is InChI=1S/C11H18N4O2/c1-11(2,8-16)14-9(17)7-15(3)10-12-5-4-6-13-10/h4-6,16H,7-8H2,1-3H3,(H,14,17). The number of anilines is 1. The highest BCUT2D eigenvalue weighted by molar-refractivity contribution is 5.81. The van der Waals surface area contributed by atoms with E-state index in [0.717, 1.165) is 0 Å². The van der Waals surface area contributed by atoms with Crippen LogP contribution in [-0.2, 0) is 4.79 Å². The van der Waals surface area contributed by atoms with Crippen LogP contribution < -0.4 is 10.2 Å². The molecule has 0 fully saturated rings. The van der Waals surface area contributed by atoms with E-state index in [-0.39, 0.29) is 19.1 Å². The van der Waals surface area contributed by atoms with E-state index in [1.807, 2.05) is 0 Å². The Hall–Kier alpha value is -1.69. The van der Waals surface area contributed by atoms with E-state index in [1.165, 1.54) is 0 Å². The molecule has 0 spiro atoms. The third kappa shape index (κ3) is 4.36. The Labute approximate surface area is 101 Å². The van der Waals surface area contributed by atoms with E-state index < -0.39 is 5.54 Å². The monoisotopic (exact) mass is 238 g/mol. The molecule has 2 N–H and O–H groups in total. The van der Waals surface area contributed by atoms with Gasteiger partial charge in [-0.2, -0.15) is 0 Å². The number of nitrogens with zero attached hydrogens (tertiary/aromatic N) is 3. The molecule has 0 aliphatic carbocycles. The third-order valence-electron chi connectivity index (χ3n) is 2.15. The van der Waals surface area contributed by atoms with Gasteiger partial charge in [-0.05, 0) is 19.9 Å². The summed E-state index contributed by atoms with van der Waals surface area (Å²) in [5, 5.41) is 11.8. The fraction of sp³-hybridized carbons (Fsp3) is 0.545. The maximum absolute atomic E-state index is 11.7. The van der Waals surface area contributed by atoms with Gasteiger partial charge in [0.2, 0.25) is 11.9 Å². The Bertz CT molecular complexity index is 367. The molecular weight excluding hydrogens is 220 g/mol. The molecule has 1 rings (SSSR count). The van der Waals surface area contributed by atoms with Crippen molar-refractivity contribution >= 4 is 11.9 Å². The zero-order valence-corrected chi connectivity index (χ0v) is 10.3. The molecule has 1 amide bonds. The molecule has 1 aromatic rings. The van der Waals surface area contributed by atoms with Crippen LogP contribution in [-0.4, -0.2) is 46.7 Å². The SMILES string of the molecule is CN(CC(=O)NC(C)(C)CO)c1ncccn1. The van der Waals surface area contributed by atoms with Gasteiger partial charge in [-0.3, -0.25) is 4.79 Å². The number of likely N-dealkylation sites (N-methyl/N-ethyl adjacent to an activating group) is 1. The number of aliphatic hydroxyl groups excluding tert-OH is 1. The van der Waals surface area contributed by atoms with E-state index in [0.29, 0.717) is 5.95 Å². The Morgan fingerprint density at radius 3 is 2.59 bits per heavy atom. The second-order valence-corrected chi connectivity index (χ2v) is 4.50. The molecule has 0 bridgehead atoms. The van der Waals surface area contributed by atoms with Crippen LogP contribution in [0.2, 0.25) is 0 Å². The molecule has 0 aliphatic heterocycles. The van der Waals surface area contributed by atoms with Crippen molar-refractivity contribution in [2.45, 2.75) is 19.4 Å². The zero-order chi connectivity index (χ0) is 12.9. The first-order valence-corrected chi connectivity index (χ1v) is 5.34. The van der Waals surface area contributed by atoms with Crippen LogP contribution in [0.1, 0.15) is 13.8 Å². The van der Waals surface area contributed by atoms with E-state index >= 15 is 0 Å². The lowest BCUT2D eigenvalue weighted by molar-refractivity contribution is -0.121. The van der Waals surface area contributed by atoms with Gasteiger partial charge >= 0.3 is 0 Å². The molecule has 0 saturated carbocycles. The van der Waals surface area contributed by atoms with Gasteiger partial charge < -0.3 is 15.3 Å². The van der Waals surface area contributed by atoms with Crippen molar-refractivity contribution < 1.29 is 9.90 Å². The van der Waals surface area contributed by atoms with Crippen LogP contribution in [0.15, 0.2) is 18.5 Å². The minimum atomic E-state index is -0.616. The third-order valence-corrected chi connectivity index (χ3v) is 2.15. The number of aromatic nitrogens is 2. The van der Waals surface area contributed by atoms with Gasteiger partial charge in [-0.25, -0.2) is 9.97 Å². The lowest BCUT2D eigenvalue weighted by Crippen LogP contribution is -2.49. The quantitative estimate of drug-likeness (QED) is 0.742. The minimum absolute atomic E-state index is 0.107. The Balaban J connectivity index is 2.52. The smallest absolute Gasteiger partial charge is 0.240 e. The number of aliphatic hydroxyl groups is 1. The van der Waals surface area contributed by atoms with Gasteiger partial charge in [0, 0.05) is 19.4 Å². The fourth-order valence-electron chi connectivity index (χ4n) is 1.23. The van der Waals surface area contributed by atoms with Gasteiger partial charge in [-0.15, -0.1) is 0 Å². The minimum Gasteiger partial charge on any atom is -0.394 e. The number of nitrogens with one attached hydrogen (secondary N) is 1. The van der Waals surface area contributed by atoms with E-state index in [2.05, 4.69) is 15.3 Å². The molecule has 17 heavy (non-hydrogen) atoms. The van der Waals surface area contributed by atoms with Crippen molar-refractivity contribution in [3.63, 3.8) is 0 Å². The molecule has 0 aromatic carbocycles. The molecule has 0 saturated heterocycles. The van der Waals surface area contributed by atoms with Crippen molar-refractivity contribution in [3.05, 3.63) is 18.5 Å². The fourth-order valence-corrected chi connectivity index (χ4v) is 1.23. The topological polar surface area (TPSA) is 78.4 Å². The lowest BCUT2D eigenvalue weighted by Gasteiger charge is -2.25. The van der Waals surface area contributed by atoms with Crippen molar-refractivity contribution in [2.24, 2.45) is 0 Å². The molecule has 6 nitrogen and oxygen atoms in total. The number of carbonyl (C=O) groups is 1. The maximum Gasteiger partial charge on any atom is 0.240 e. The Kier molecular flexibility index (Phi) is 4.39. The normalized spacial score (nSPS) is 11.1. The summed E-state index contributed by atoms with van der Waals surface area (Å²) in [6, 6.07) is 1.71. The molecule has 6 heteroatoms. The summed E-state index contributed by atoms with van der Waals surface area (Å²) in [7, 11) is 1.74. The van der Waals surface area contributed by atoms with Gasteiger partial charge in [0.25, 0.3) is 0 Å². The molecule has 0 radical (unpaired) electrons. The Morgan fingerprint density at radius 1 is 1.47 bits per heavy atom.